The number of unbranched alkanes of at least 4 members (excludes halogenated alkanes) is 1. The number of halogens is 1. The molecule has 0 aliphatic heterocycles. The number of hydrogen-bond acceptors (Lipinski definition) is 2. The first kappa shape index (κ1) is 20.6. The SMILES string of the molecule is C#CCNC(=NCc1cccc(OCCCC)c1)NCC.I. The van der Waals surface area contributed by atoms with Crippen LogP contribution in [-0.4, -0.2) is 25.7 Å². The van der Waals surface area contributed by atoms with Gasteiger partial charge in [-0.2, -0.15) is 0 Å². The second-order valence-electron chi connectivity index (χ2n) is 4.60. The fraction of sp³-hybridized carbons (Fsp3) is 0.471. The van der Waals surface area contributed by atoms with Crippen molar-refractivity contribution in [2.24, 2.45) is 4.99 Å². The smallest absolute Gasteiger partial charge is 0.192 e. The van der Waals surface area contributed by atoms with E-state index in [0.717, 1.165) is 43.3 Å². The molecule has 1 rings (SSSR count). The van der Waals surface area contributed by atoms with Gasteiger partial charge in [0.15, 0.2) is 5.96 Å². The maximum atomic E-state index is 5.70. The molecule has 22 heavy (non-hydrogen) atoms. The minimum atomic E-state index is 0. The molecule has 0 bridgehead atoms. The molecule has 1 aromatic carbocycles. The highest BCUT2D eigenvalue weighted by Gasteiger charge is 1.99. The fourth-order valence-electron chi connectivity index (χ4n) is 1.71. The molecule has 0 fully saturated rings. The van der Waals surface area contributed by atoms with Crippen LogP contribution in [0.2, 0.25) is 0 Å². The Morgan fingerprint density at radius 1 is 1.32 bits per heavy atom. The number of nitrogens with one attached hydrogen (secondary N) is 2. The molecule has 122 valence electrons. The molecule has 0 spiro atoms. The van der Waals surface area contributed by atoms with Crippen molar-refractivity contribution in [2.75, 3.05) is 19.7 Å². The molecule has 0 aliphatic rings. The third kappa shape index (κ3) is 8.78. The Bertz CT molecular complexity index is 483. The normalized spacial score (nSPS) is 10.3. The summed E-state index contributed by atoms with van der Waals surface area (Å²) in [4.78, 5) is 4.50. The zero-order chi connectivity index (χ0) is 15.3. The third-order valence-corrected chi connectivity index (χ3v) is 2.79. The van der Waals surface area contributed by atoms with Gasteiger partial charge in [-0.05, 0) is 31.0 Å². The van der Waals surface area contributed by atoms with Crippen LogP contribution in [-0.2, 0) is 6.54 Å². The third-order valence-electron chi connectivity index (χ3n) is 2.79. The molecular weight excluding hydrogens is 389 g/mol. The number of hydrogen-bond donors (Lipinski definition) is 2. The summed E-state index contributed by atoms with van der Waals surface area (Å²) < 4.78 is 5.70. The van der Waals surface area contributed by atoms with E-state index in [-0.39, 0.29) is 24.0 Å². The molecular formula is C17H26IN3O. The monoisotopic (exact) mass is 415 g/mol. The second kappa shape index (κ2) is 13.3. The minimum Gasteiger partial charge on any atom is -0.494 e. The topological polar surface area (TPSA) is 45.7 Å². The van der Waals surface area contributed by atoms with Gasteiger partial charge >= 0.3 is 0 Å². The van der Waals surface area contributed by atoms with E-state index in [2.05, 4.69) is 28.5 Å². The number of aliphatic imine (C=N–C) groups is 1. The van der Waals surface area contributed by atoms with Crippen LogP contribution in [0.5, 0.6) is 5.75 Å². The molecule has 5 heteroatoms. The highest BCUT2D eigenvalue weighted by atomic mass is 127. The van der Waals surface area contributed by atoms with E-state index >= 15 is 0 Å². The molecule has 0 amide bonds. The lowest BCUT2D eigenvalue weighted by molar-refractivity contribution is 0.309. The summed E-state index contributed by atoms with van der Waals surface area (Å²) in [5.74, 6) is 4.17. The summed E-state index contributed by atoms with van der Waals surface area (Å²) in [5, 5.41) is 6.22. The molecule has 0 saturated carbocycles. The molecule has 0 aromatic heterocycles. The van der Waals surface area contributed by atoms with Crippen molar-refractivity contribution in [2.45, 2.75) is 33.2 Å². The van der Waals surface area contributed by atoms with Crippen LogP contribution >= 0.6 is 24.0 Å². The number of ether oxygens (including phenoxy) is 1. The largest absolute Gasteiger partial charge is 0.494 e. The lowest BCUT2D eigenvalue weighted by Crippen LogP contribution is -2.37. The van der Waals surface area contributed by atoms with Gasteiger partial charge in [0.25, 0.3) is 0 Å². The lowest BCUT2D eigenvalue weighted by Gasteiger charge is -2.09. The highest BCUT2D eigenvalue weighted by Crippen LogP contribution is 2.14. The van der Waals surface area contributed by atoms with Gasteiger partial charge in [0.1, 0.15) is 5.75 Å². The fourth-order valence-corrected chi connectivity index (χ4v) is 1.71. The Morgan fingerprint density at radius 3 is 2.82 bits per heavy atom. The highest BCUT2D eigenvalue weighted by molar-refractivity contribution is 14.0. The summed E-state index contributed by atoms with van der Waals surface area (Å²) in [6.07, 6.45) is 7.45. The second-order valence-corrected chi connectivity index (χ2v) is 4.60. The Labute approximate surface area is 151 Å². The van der Waals surface area contributed by atoms with E-state index < -0.39 is 0 Å². The van der Waals surface area contributed by atoms with Crippen LogP contribution < -0.4 is 15.4 Å². The summed E-state index contributed by atoms with van der Waals surface area (Å²) >= 11 is 0. The maximum absolute atomic E-state index is 5.70. The quantitative estimate of drug-likeness (QED) is 0.226. The summed E-state index contributed by atoms with van der Waals surface area (Å²) in [5.41, 5.74) is 1.11. The molecule has 0 atom stereocenters. The van der Waals surface area contributed by atoms with E-state index in [1.54, 1.807) is 0 Å². The van der Waals surface area contributed by atoms with Crippen LogP contribution in [0, 0.1) is 12.3 Å². The standard InChI is InChI=1S/C17H25N3O.HI/c1-4-7-12-21-16-10-8-9-15(13-16)14-20-17(18-6-3)19-11-5-2;/h2,8-10,13H,4,6-7,11-12,14H2,1,3H3,(H2,18,19,20);1H. The maximum Gasteiger partial charge on any atom is 0.192 e. The van der Waals surface area contributed by atoms with Gasteiger partial charge in [0.05, 0.1) is 19.7 Å². The van der Waals surface area contributed by atoms with Gasteiger partial charge in [-0.25, -0.2) is 4.99 Å². The van der Waals surface area contributed by atoms with E-state index in [1.165, 1.54) is 0 Å². The van der Waals surface area contributed by atoms with E-state index in [0.29, 0.717) is 13.1 Å². The van der Waals surface area contributed by atoms with Gasteiger partial charge in [-0.3, -0.25) is 0 Å². The molecule has 0 aliphatic carbocycles. The molecule has 1 aromatic rings. The molecule has 0 unspecified atom stereocenters. The van der Waals surface area contributed by atoms with Crippen LogP contribution in [0.15, 0.2) is 29.3 Å². The zero-order valence-electron chi connectivity index (χ0n) is 13.4. The van der Waals surface area contributed by atoms with Gasteiger partial charge < -0.3 is 15.4 Å². The Balaban J connectivity index is 0.00000441. The number of terminal acetylenes is 1. The van der Waals surface area contributed by atoms with Crippen LogP contribution in [0.1, 0.15) is 32.3 Å². The summed E-state index contributed by atoms with van der Waals surface area (Å²) in [6, 6.07) is 8.05. The molecule has 4 nitrogen and oxygen atoms in total. The van der Waals surface area contributed by atoms with E-state index in [4.69, 9.17) is 11.2 Å². The minimum absolute atomic E-state index is 0. The van der Waals surface area contributed by atoms with Crippen LogP contribution in [0.3, 0.4) is 0 Å². The van der Waals surface area contributed by atoms with Crippen molar-refractivity contribution in [1.29, 1.82) is 0 Å². The lowest BCUT2D eigenvalue weighted by atomic mass is 10.2. The predicted octanol–water partition coefficient (Wildman–Crippen LogP) is 3.17. The Kier molecular flexibility index (Phi) is 12.4. The van der Waals surface area contributed by atoms with E-state index in [9.17, 15) is 0 Å². The number of benzene rings is 1. The first-order valence-electron chi connectivity index (χ1n) is 7.47. The summed E-state index contributed by atoms with van der Waals surface area (Å²) in [7, 11) is 0. The molecule has 0 saturated heterocycles. The van der Waals surface area contributed by atoms with E-state index in [1.807, 2.05) is 31.2 Å². The van der Waals surface area contributed by atoms with Crippen LogP contribution in [0.4, 0.5) is 0 Å². The average molecular weight is 415 g/mol. The van der Waals surface area contributed by atoms with Gasteiger partial charge in [0, 0.05) is 6.54 Å². The van der Waals surface area contributed by atoms with Crippen molar-refractivity contribution in [1.82, 2.24) is 10.6 Å². The first-order valence-corrected chi connectivity index (χ1v) is 7.47. The van der Waals surface area contributed by atoms with Crippen LogP contribution in [0.25, 0.3) is 0 Å². The predicted molar refractivity (Wildman–Crippen MR) is 104 cm³/mol. The number of nitrogens with zero attached hydrogens (tertiary/aromatic N) is 1. The number of guanidine groups is 1. The van der Waals surface area contributed by atoms with Crippen molar-refractivity contribution in [3.8, 4) is 18.1 Å². The molecule has 0 heterocycles. The van der Waals surface area contributed by atoms with Crippen molar-refractivity contribution >= 4 is 29.9 Å². The van der Waals surface area contributed by atoms with Crippen molar-refractivity contribution in [3.05, 3.63) is 29.8 Å². The Hall–Kier alpha value is -1.42. The van der Waals surface area contributed by atoms with Crippen molar-refractivity contribution < 1.29 is 4.74 Å². The molecule has 0 radical (unpaired) electrons. The molecule has 2 N–H and O–H groups in total. The summed E-state index contributed by atoms with van der Waals surface area (Å²) in [6.45, 7) is 6.79. The average Bonchev–Trinajstić information content (AvgIpc) is 2.51. The first-order chi connectivity index (χ1) is 10.3. The van der Waals surface area contributed by atoms with Gasteiger partial charge in [-0.1, -0.05) is 31.4 Å². The van der Waals surface area contributed by atoms with Gasteiger partial charge in [0.2, 0.25) is 0 Å². The van der Waals surface area contributed by atoms with Crippen molar-refractivity contribution in [3.63, 3.8) is 0 Å². The zero-order valence-corrected chi connectivity index (χ0v) is 15.7. The number of rotatable bonds is 8. The van der Waals surface area contributed by atoms with Gasteiger partial charge in [-0.15, -0.1) is 30.4 Å². The Morgan fingerprint density at radius 2 is 2.14 bits per heavy atom.